The van der Waals surface area contributed by atoms with Crippen LogP contribution in [0.1, 0.15) is 23.5 Å². The Balaban J connectivity index is 1.07. The lowest BCUT2D eigenvalue weighted by atomic mass is 10.1. The molecule has 2 atom stereocenters. The van der Waals surface area contributed by atoms with Crippen LogP contribution in [0.3, 0.4) is 0 Å². The highest BCUT2D eigenvalue weighted by Gasteiger charge is 2.44. The molecule has 0 spiro atoms. The van der Waals surface area contributed by atoms with Crippen LogP contribution in [0.5, 0.6) is 5.75 Å². The summed E-state index contributed by atoms with van der Waals surface area (Å²) in [6, 6.07) is 11.3. The highest BCUT2D eigenvalue weighted by Crippen LogP contribution is 2.39. The van der Waals surface area contributed by atoms with Crippen molar-refractivity contribution in [3.63, 3.8) is 0 Å². The lowest BCUT2D eigenvalue weighted by Crippen LogP contribution is -2.47. The van der Waals surface area contributed by atoms with E-state index in [9.17, 15) is 9.90 Å². The molecule has 1 aromatic carbocycles. The molecule has 2 bridgehead atoms. The predicted octanol–water partition coefficient (Wildman–Crippen LogP) is 2.17. The van der Waals surface area contributed by atoms with Gasteiger partial charge >= 0.3 is 0 Å². The minimum atomic E-state index is -0.130. The first-order valence-electron chi connectivity index (χ1n) is 13.7. The number of fused-ring (bicyclic) bond motifs is 3. The van der Waals surface area contributed by atoms with Gasteiger partial charge in [-0.2, -0.15) is 5.10 Å². The van der Waals surface area contributed by atoms with E-state index in [1.165, 1.54) is 0 Å². The first-order chi connectivity index (χ1) is 20.4. The van der Waals surface area contributed by atoms with Crippen molar-refractivity contribution in [1.82, 2.24) is 34.3 Å². The van der Waals surface area contributed by atoms with Crippen LogP contribution in [0.2, 0.25) is 0 Å². The number of aryl methyl sites for hydroxylation is 2. The Bertz CT molecular complexity index is 1970. The maximum Gasteiger partial charge on any atom is 0.277 e. The van der Waals surface area contributed by atoms with E-state index in [1.54, 1.807) is 39.8 Å². The number of nitrogens with zero attached hydrogens (tertiary/aromatic N) is 9. The molecule has 2 aliphatic heterocycles. The number of anilines is 3. The number of nitrogen functional groups attached to an aromatic ring is 1. The highest BCUT2D eigenvalue weighted by molar-refractivity contribution is 5.75. The predicted molar refractivity (Wildman–Crippen MR) is 158 cm³/mol. The number of nitrogens with two attached hydrogens (primary N) is 1. The third-order valence-electron chi connectivity index (χ3n) is 8.15. The van der Waals surface area contributed by atoms with Gasteiger partial charge in [0, 0.05) is 48.8 Å². The summed E-state index contributed by atoms with van der Waals surface area (Å²) >= 11 is 0. The van der Waals surface area contributed by atoms with E-state index in [0.29, 0.717) is 28.4 Å². The van der Waals surface area contributed by atoms with Gasteiger partial charge in [-0.25, -0.2) is 14.5 Å². The van der Waals surface area contributed by atoms with Crippen molar-refractivity contribution in [2.75, 3.05) is 28.6 Å². The van der Waals surface area contributed by atoms with Crippen LogP contribution in [0.15, 0.2) is 59.8 Å². The number of rotatable bonds is 4. The number of benzene rings is 1. The third kappa shape index (κ3) is 4.26. The molecule has 2 saturated heterocycles. The molecule has 12 nitrogen and oxygen atoms in total. The minimum Gasteiger partial charge on any atom is -0.507 e. The summed E-state index contributed by atoms with van der Waals surface area (Å²) in [5.41, 5.74) is 10.4. The molecular weight excluding hydrogens is 532 g/mol. The minimum absolute atomic E-state index is 0.130. The van der Waals surface area contributed by atoms with Gasteiger partial charge in [-0.05, 0) is 50.5 Å². The van der Waals surface area contributed by atoms with Crippen LogP contribution in [-0.2, 0) is 6.54 Å². The van der Waals surface area contributed by atoms with Gasteiger partial charge in [0.05, 0.1) is 29.7 Å². The zero-order chi connectivity index (χ0) is 29.0. The van der Waals surface area contributed by atoms with Gasteiger partial charge < -0.3 is 25.2 Å². The Morgan fingerprint density at radius 2 is 1.88 bits per heavy atom. The van der Waals surface area contributed by atoms with Crippen LogP contribution < -0.4 is 21.1 Å². The van der Waals surface area contributed by atoms with E-state index < -0.39 is 0 Å². The largest absolute Gasteiger partial charge is 0.507 e. The molecule has 0 amide bonds. The van der Waals surface area contributed by atoms with E-state index in [0.717, 1.165) is 42.3 Å². The fourth-order valence-corrected chi connectivity index (χ4v) is 5.93. The zero-order valence-electron chi connectivity index (χ0n) is 23.1. The van der Waals surface area contributed by atoms with Crippen LogP contribution in [0.25, 0.3) is 16.8 Å². The van der Waals surface area contributed by atoms with Crippen molar-refractivity contribution in [3.05, 3.63) is 82.4 Å². The van der Waals surface area contributed by atoms with Crippen molar-refractivity contribution in [2.45, 2.75) is 38.9 Å². The van der Waals surface area contributed by atoms with Gasteiger partial charge in [-0.15, -0.1) is 10.2 Å². The summed E-state index contributed by atoms with van der Waals surface area (Å²) in [7, 11) is 0. The van der Waals surface area contributed by atoms with Crippen molar-refractivity contribution in [1.29, 1.82) is 0 Å². The number of para-hydroxylation sites is 1. The monoisotopic (exact) mass is 560 g/mol. The Morgan fingerprint density at radius 3 is 2.69 bits per heavy atom. The summed E-state index contributed by atoms with van der Waals surface area (Å²) in [5.74, 6) is 7.81. The molecule has 5 aromatic rings. The van der Waals surface area contributed by atoms with Gasteiger partial charge in [0.1, 0.15) is 17.1 Å². The number of hydrogen-bond donors (Lipinski definition) is 2. The van der Waals surface area contributed by atoms with E-state index in [-0.39, 0.29) is 29.9 Å². The maximum absolute atomic E-state index is 12.9. The highest BCUT2D eigenvalue weighted by atomic mass is 16.3. The Labute approximate surface area is 241 Å². The fourth-order valence-electron chi connectivity index (χ4n) is 5.93. The van der Waals surface area contributed by atoms with Crippen molar-refractivity contribution in [2.24, 2.45) is 0 Å². The van der Waals surface area contributed by atoms with Crippen LogP contribution in [0, 0.1) is 25.7 Å². The number of phenols is 1. The quantitative estimate of drug-likeness (QED) is 0.314. The normalized spacial score (nSPS) is 17.6. The zero-order valence-corrected chi connectivity index (χ0v) is 23.1. The molecule has 3 N–H and O–H groups in total. The number of aromatic nitrogens is 7. The van der Waals surface area contributed by atoms with Crippen molar-refractivity contribution < 1.29 is 5.11 Å². The summed E-state index contributed by atoms with van der Waals surface area (Å²) in [5, 5.41) is 23.1. The lowest BCUT2D eigenvalue weighted by Gasteiger charge is -2.36. The molecule has 12 heteroatoms. The smallest absolute Gasteiger partial charge is 0.277 e. The first-order valence-corrected chi connectivity index (χ1v) is 13.7. The number of aromatic hydroxyl groups is 1. The second-order valence-corrected chi connectivity index (χ2v) is 10.6. The van der Waals surface area contributed by atoms with E-state index in [1.807, 2.05) is 38.1 Å². The number of piperazine rings is 1. The van der Waals surface area contributed by atoms with E-state index >= 15 is 0 Å². The van der Waals surface area contributed by atoms with Crippen molar-refractivity contribution >= 4 is 22.8 Å². The Morgan fingerprint density at radius 1 is 1.07 bits per heavy atom. The maximum atomic E-state index is 12.9. The second kappa shape index (κ2) is 9.88. The van der Waals surface area contributed by atoms with Crippen LogP contribution in [0.4, 0.5) is 17.3 Å². The molecule has 4 aromatic heterocycles. The first kappa shape index (κ1) is 25.5. The molecule has 7 rings (SSSR count). The van der Waals surface area contributed by atoms with Crippen molar-refractivity contribution in [3.8, 4) is 28.8 Å². The molecule has 6 heterocycles. The number of hydrogen-bond acceptors (Lipinski definition) is 10. The molecule has 210 valence electrons. The molecule has 2 fully saturated rings. The average molecular weight is 561 g/mol. The lowest BCUT2D eigenvalue weighted by molar-refractivity contribution is 0.477. The third-order valence-corrected chi connectivity index (χ3v) is 8.15. The molecule has 2 unspecified atom stereocenters. The molecule has 0 aliphatic carbocycles. The Hall–Kier alpha value is -5.44. The molecule has 2 aliphatic rings. The number of phenolic OH excluding ortho intramolecular Hbond substituents is 1. The summed E-state index contributed by atoms with van der Waals surface area (Å²) in [6.45, 7) is 5.53. The van der Waals surface area contributed by atoms with E-state index in [4.69, 9.17) is 10.7 Å². The molecule has 0 saturated carbocycles. The molecule has 42 heavy (non-hydrogen) atoms. The standard InChI is InChI=1S/C30H28N10O2/c1-18-19(2)36-40-13-12-37(30(42)28(18)40)11-5-8-26-32-10-9-27(33-26)39-17-20-14-21(39)16-38(20)24-15-23(34-35-29(24)31)22-6-3-4-7-25(22)41/h3-4,6-7,9-10,12-13,15,20-21,41H,11,14,16-17H2,1-2H3,(H2,31,35). The van der Waals surface area contributed by atoms with Crippen LogP contribution in [-0.4, -0.2) is 64.6 Å². The van der Waals surface area contributed by atoms with Gasteiger partial charge in [0.25, 0.3) is 5.56 Å². The van der Waals surface area contributed by atoms with E-state index in [2.05, 4.69) is 41.9 Å². The van der Waals surface area contributed by atoms with Crippen LogP contribution >= 0.6 is 0 Å². The molecular formula is C30H28N10O2. The molecule has 0 radical (unpaired) electrons. The Kier molecular flexibility index (Phi) is 6.00. The van der Waals surface area contributed by atoms with Gasteiger partial charge in [-0.1, -0.05) is 18.1 Å². The second-order valence-electron chi connectivity index (χ2n) is 10.6. The van der Waals surface area contributed by atoms with Gasteiger partial charge in [-0.3, -0.25) is 4.79 Å². The SMILES string of the molecule is Cc1nn2ccn(CC#Cc3nccc(N4CC5CC4CN5c4cc(-c5ccccc5O)nnc4N)n3)c(=O)c2c1C. The van der Waals surface area contributed by atoms with Gasteiger partial charge in [0.15, 0.2) is 5.82 Å². The average Bonchev–Trinajstić information content (AvgIpc) is 3.68. The topological polar surface area (TPSA) is 144 Å². The summed E-state index contributed by atoms with van der Waals surface area (Å²) in [4.78, 5) is 26.5. The summed E-state index contributed by atoms with van der Waals surface area (Å²) in [6.07, 6.45) is 6.13. The summed E-state index contributed by atoms with van der Waals surface area (Å²) < 4.78 is 3.18. The van der Waals surface area contributed by atoms with Gasteiger partial charge in [0.2, 0.25) is 5.82 Å². The fraction of sp³-hybridized carbons (Fsp3) is 0.267.